The molecule has 0 amide bonds. The molecular weight excluding hydrogens is 248 g/mol. The van der Waals surface area contributed by atoms with Crippen LogP contribution < -0.4 is 5.32 Å². The lowest BCUT2D eigenvalue weighted by atomic mass is 10.1. The highest BCUT2D eigenvalue weighted by atomic mass is 19.2. The molecule has 5 heteroatoms. The highest BCUT2D eigenvalue weighted by Gasteiger charge is 2.12. The van der Waals surface area contributed by atoms with E-state index in [-0.39, 0.29) is 5.54 Å². The highest BCUT2D eigenvalue weighted by molar-refractivity contribution is 5.34. The zero-order valence-corrected chi connectivity index (χ0v) is 11.2. The molecule has 3 nitrogen and oxygen atoms in total. The summed E-state index contributed by atoms with van der Waals surface area (Å²) >= 11 is 0. The summed E-state index contributed by atoms with van der Waals surface area (Å²) in [6, 6.07) is 3.81. The molecule has 2 aromatic rings. The van der Waals surface area contributed by atoms with Crippen molar-refractivity contribution in [2.24, 2.45) is 0 Å². The minimum absolute atomic E-state index is 0.0247. The molecule has 1 N–H and O–H groups in total. The molecule has 0 atom stereocenters. The maximum Gasteiger partial charge on any atom is 0.160 e. The van der Waals surface area contributed by atoms with Crippen molar-refractivity contribution in [3.8, 4) is 5.69 Å². The molecule has 0 aliphatic rings. The predicted octanol–water partition coefficient (Wildman–Crippen LogP) is 3.04. The Morgan fingerprint density at radius 1 is 1.21 bits per heavy atom. The topological polar surface area (TPSA) is 29.9 Å². The standard InChI is InChI=1S/C14H17F2N3/c1-14(2,3)18-8-11-7-17-9-19(11)10-4-5-12(15)13(16)6-10/h4-7,9,18H,8H2,1-3H3. The van der Waals surface area contributed by atoms with Gasteiger partial charge in [-0.2, -0.15) is 0 Å². The van der Waals surface area contributed by atoms with Gasteiger partial charge in [0.15, 0.2) is 11.6 Å². The first-order valence-electron chi connectivity index (χ1n) is 6.08. The summed E-state index contributed by atoms with van der Waals surface area (Å²) in [5.41, 5.74) is 1.42. The van der Waals surface area contributed by atoms with Crippen molar-refractivity contribution in [1.29, 1.82) is 0 Å². The van der Waals surface area contributed by atoms with Crippen LogP contribution in [0.4, 0.5) is 8.78 Å². The molecule has 0 fully saturated rings. The second-order valence-electron chi connectivity index (χ2n) is 5.46. The number of hydrogen-bond acceptors (Lipinski definition) is 2. The van der Waals surface area contributed by atoms with Gasteiger partial charge in [-0.1, -0.05) is 0 Å². The third-order valence-electron chi connectivity index (χ3n) is 2.70. The number of halogens is 2. The van der Waals surface area contributed by atoms with E-state index in [9.17, 15) is 8.78 Å². The molecule has 1 heterocycles. The normalized spacial score (nSPS) is 11.8. The van der Waals surface area contributed by atoms with E-state index in [1.165, 1.54) is 6.07 Å². The maximum atomic E-state index is 13.3. The van der Waals surface area contributed by atoms with Gasteiger partial charge >= 0.3 is 0 Å². The molecular formula is C14H17F2N3. The summed E-state index contributed by atoms with van der Waals surface area (Å²) in [4.78, 5) is 4.06. The second kappa shape index (κ2) is 5.09. The van der Waals surface area contributed by atoms with Crippen LogP contribution in [0.5, 0.6) is 0 Å². The predicted molar refractivity (Wildman–Crippen MR) is 70.1 cm³/mol. The van der Waals surface area contributed by atoms with Crippen LogP contribution in [0.1, 0.15) is 26.5 Å². The van der Waals surface area contributed by atoms with Crippen LogP contribution in [-0.4, -0.2) is 15.1 Å². The molecule has 0 aliphatic carbocycles. The average Bonchev–Trinajstić information content (AvgIpc) is 2.77. The number of rotatable bonds is 3. The summed E-state index contributed by atoms with van der Waals surface area (Å²) < 4.78 is 27.9. The van der Waals surface area contributed by atoms with Crippen LogP contribution in [0.15, 0.2) is 30.7 Å². The van der Waals surface area contributed by atoms with E-state index < -0.39 is 11.6 Å². The highest BCUT2D eigenvalue weighted by Crippen LogP contribution is 2.15. The lowest BCUT2D eigenvalue weighted by Crippen LogP contribution is -2.35. The number of hydrogen-bond donors (Lipinski definition) is 1. The monoisotopic (exact) mass is 265 g/mol. The van der Waals surface area contributed by atoms with E-state index >= 15 is 0 Å². The zero-order chi connectivity index (χ0) is 14.0. The number of benzene rings is 1. The van der Waals surface area contributed by atoms with Crippen molar-refractivity contribution in [3.05, 3.63) is 48.1 Å². The third kappa shape index (κ3) is 3.38. The van der Waals surface area contributed by atoms with E-state index in [1.807, 2.05) is 0 Å². The molecule has 2 rings (SSSR count). The Balaban J connectivity index is 2.26. The van der Waals surface area contributed by atoms with E-state index in [2.05, 4.69) is 31.1 Å². The SMILES string of the molecule is CC(C)(C)NCc1cncn1-c1ccc(F)c(F)c1. The summed E-state index contributed by atoms with van der Waals surface area (Å²) in [7, 11) is 0. The van der Waals surface area contributed by atoms with Gasteiger partial charge in [0.25, 0.3) is 0 Å². The first-order chi connectivity index (χ1) is 8.87. The van der Waals surface area contributed by atoms with Crippen molar-refractivity contribution < 1.29 is 8.78 Å². The molecule has 19 heavy (non-hydrogen) atoms. The molecule has 0 saturated carbocycles. The van der Waals surface area contributed by atoms with Gasteiger partial charge in [0, 0.05) is 30.0 Å². The van der Waals surface area contributed by atoms with Gasteiger partial charge in [-0.3, -0.25) is 0 Å². The Kier molecular flexibility index (Phi) is 3.66. The smallest absolute Gasteiger partial charge is 0.160 e. The van der Waals surface area contributed by atoms with Gasteiger partial charge in [-0.15, -0.1) is 0 Å². The Morgan fingerprint density at radius 3 is 2.58 bits per heavy atom. The van der Waals surface area contributed by atoms with Crippen LogP contribution >= 0.6 is 0 Å². The number of nitrogens with zero attached hydrogens (tertiary/aromatic N) is 2. The van der Waals surface area contributed by atoms with Crippen LogP contribution in [0.3, 0.4) is 0 Å². The summed E-state index contributed by atoms with van der Waals surface area (Å²) in [6.07, 6.45) is 3.30. The summed E-state index contributed by atoms with van der Waals surface area (Å²) in [5.74, 6) is -1.71. The summed E-state index contributed by atoms with van der Waals surface area (Å²) in [6.45, 7) is 6.78. The largest absolute Gasteiger partial charge is 0.306 e. The van der Waals surface area contributed by atoms with E-state index in [0.29, 0.717) is 12.2 Å². The molecule has 0 unspecified atom stereocenters. The fraction of sp³-hybridized carbons (Fsp3) is 0.357. The molecule has 1 aromatic carbocycles. The van der Waals surface area contributed by atoms with Crippen molar-refractivity contribution in [3.63, 3.8) is 0 Å². The third-order valence-corrected chi connectivity index (χ3v) is 2.70. The number of nitrogens with one attached hydrogen (secondary N) is 1. The summed E-state index contributed by atoms with van der Waals surface area (Å²) in [5, 5.41) is 3.33. The second-order valence-corrected chi connectivity index (χ2v) is 5.46. The Labute approximate surface area is 111 Å². The lowest BCUT2D eigenvalue weighted by molar-refractivity contribution is 0.419. The van der Waals surface area contributed by atoms with Crippen molar-refractivity contribution in [2.75, 3.05) is 0 Å². The van der Waals surface area contributed by atoms with E-state index in [4.69, 9.17) is 0 Å². The number of imidazole rings is 1. The Morgan fingerprint density at radius 2 is 1.95 bits per heavy atom. The van der Waals surface area contributed by atoms with Gasteiger partial charge in [0.05, 0.1) is 12.0 Å². The molecule has 0 saturated heterocycles. The van der Waals surface area contributed by atoms with Crippen LogP contribution in [-0.2, 0) is 6.54 Å². The minimum Gasteiger partial charge on any atom is -0.306 e. The van der Waals surface area contributed by atoms with Gasteiger partial charge in [0.1, 0.15) is 0 Å². The molecule has 0 bridgehead atoms. The van der Waals surface area contributed by atoms with Crippen LogP contribution in [0.2, 0.25) is 0 Å². The van der Waals surface area contributed by atoms with Gasteiger partial charge in [-0.25, -0.2) is 13.8 Å². The van der Waals surface area contributed by atoms with Crippen molar-refractivity contribution >= 4 is 0 Å². The maximum absolute atomic E-state index is 13.3. The quantitative estimate of drug-likeness (QED) is 0.924. The van der Waals surface area contributed by atoms with Gasteiger partial charge in [0.2, 0.25) is 0 Å². The average molecular weight is 265 g/mol. The fourth-order valence-electron chi connectivity index (χ4n) is 1.68. The minimum atomic E-state index is -0.860. The molecule has 102 valence electrons. The van der Waals surface area contributed by atoms with Crippen LogP contribution in [0.25, 0.3) is 5.69 Å². The first kappa shape index (κ1) is 13.7. The first-order valence-corrected chi connectivity index (χ1v) is 6.08. The Bertz CT molecular complexity index is 570. The molecule has 0 radical (unpaired) electrons. The van der Waals surface area contributed by atoms with E-state index in [0.717, 1.165) is 17.8 Å². The lowest BCUT2D eigenvalue weighted by Gasteiger charge is -2.21. The van der Waals surface area contributed by atoms with E-state index in [1.54, 1.807) is 17.1 Å². The molecule has 0 spiro atoms. The van der Waals surface area contributed by atoms with Gasteiger partial charge in [-0.05, 0) is 32.9 Å². The molecule has 1 aromatic heterocycles. The van der Waals surface area contributed by atoms with Crippen molar-refractivity contribution in [1.82, 2.24) is 14.9 Å². The molecule has 0 aliphatic heterocycles. The zero-order valence-electron chi connectivity index (χ0n) is 11.2. The Hall–Kier alpha value is -1.75. The number of aromatic nitrogens is 2. The van der Waals surface area contributed by atoms with Gasteiger partial charge < -0.3 is 9.88 Å². The van der Waals surface area contributed by atoms with Crippen molar-refractivity contribution in [2.45, 2.75) is 32.9 Å². The van der Waals surface area contributed by atoms with Crippen LogP contribution in [0, 0.1) is 11.6 Å². The fourth-order valence-corrected chi connectivity index (χ4v) is 1.68.